The van der Waals surface area contributed by atoms with E-state index < -0.39 is 0 Å². The highest BCUT2D eigenvalue weighted by Crippen LogP contribution is 2.29. The molecule has 0 aliphatic carbocycles. The predicted octanol–water partition coefficient (Wildman–Crippen LogP) is 3.63. The van der Waals surface area contributed by atoms with Crippen LogP contribution in [0, 0.1) is 0 Å². The van der Waals surface area contributed by atoms with Gasteiger partial charge in [-0.25, -0.2) is 0 Å². The number of rotatable bonds is 6. The van der Waals surface area contributed by atoms with E-state index in [-0.39, 0.29) is 0 Å². The predicted molar refractivity (Wildman–Crippen MR) is 100 cm³/mol. The van der Waals surface area contributed by atoms with Crippen molar-refractivity contribution < 1.29 is 0 Å². The summed E-state index contributed by atoms with van der Waals surface area (Å²) in [6.45, 7) is 1.83. The highest BCUT2D eigenvalue weighted by molar-refractivity contribution is 5.96. The van der Waals surface area contributed by atoms with Gasteiger partial charge in [-0.15, -0.1) is 0 Å². The summed E-state index contributed by atoms with van der Waals surface area (Å²) in [6.07, 6.45) is 6.75. The van der Waals surface area contributed by atoms with Gasteiger partial charge in [0, 0.05) is 30.4 Å². The quantitative estimate of drug-likeness (QED) is 0.567. The second-order valence-electron chi connectivity index (χ2n) is 6.39. The van der Waals surface area contributed by atoms with Crippen LogP contribution in [-0.4, -0.2) is 38.9 Å². The minimum atomic E-state index is 0.854. The van der Waals surface area contributed by atoms with Crippen LogP contribution in [0.15, 0.2) is 61.1 Å². The number of nitrogens with zero attached hydrogens (tertiary/aromatic N) is 3. The summed E-state index contributed by atoms with van der Waals surface area (Å²) in [5.41, 5.74) is 4.75. The molecule has 4 rings (SSSR count). The first kappa shape index (κ1) is 15.6. The minimum absolute atomic E-state index is 0.854. The van der Waals surface area contributed by atoms with Gasteiger partial charge in [0.25, 0.3) is 0 Å². The maximum atomic E-state index is 4.30. The summed E-state index contributed by atoms with van der Waals surface area (Å²) in [7, 11) is 2.14. The number of H-pyrrole nitrogens is 2. The van der Waals surface area contributed by atoms with Crippen LogP contribution in [0.25, 0.3) is 22.0 Å². The average molecular weight is 331 g/mol. The number of hydrogen-bond donors (Lipinski definition) is 2. The molecule has 0 atom stereocenters. The maximum absolute atomic E-state index is 4.30. The molecule has 25 heavy (non-hydrogen) atoms. The lowest BCUT2D eigenvalue weighted by Gasteiger charge is -2.16. The van der Waals surface area contributed by atoms with Crippen LogP contribution in [0.4, 0.5) is 0 Å². The summed E-state index contributed by atoms with van der Waals surface area (Å²) in [4.78, 5) is 2.31. The first-order valence-corrected chi connectivity index (χ1v) is 8.48. The van der Waals surface area contributed by atoms with Gasteiger partial charge in [0.15, 0.2) is 0 Å². The van der Waals surface area contributed by atoms with Crippen molar-refractivity contribution in [2.75, 3.05) is 13.6 Å². The summed E-state index contributed by atoms with van der Waals surface area (Å²) in [5, 5.41) is 16.9. The van der Waals surface area contributed by atoms with E-state index in [4.69, 9.17) is 0 Å². The number of aromatic nitrogens is 4. The van der Waals surface area contributed by atoms with Gasteiger partial charge in [-0.05, 0) is 29.8 Å². The van der Waals surface area contributed by atoms with E-state index in [1.807, 2.05) is 18.6 Å². The molecule has 2 aromatic carbocycles. The molecule has 0 unspecified atom stereocenters. The van der Waals surface area contributed by atoms with Gasteiger partial charge >= 0.3 is 0 Å². The molecule has 2 N–H and O–H groups in total. The number of aromatic amines is 2. The van der Waals surface area contributed by atoms with E-state index >= 15 is 0 Å². The molecule has 0 radical (unpaired) electrons. The maximum Gasteiger partial charge on any atom is 0.0701 e. The molecule has 0 aliphatic rings. The second kappa shape index (κ2) is 6.91. The Morgan fingerprint density at radius 1 is 1.00 bits per heavy atom. The third-order valence-corrected chi connectivity index (χ3v) is 4.55. The fraction of sp³-hybridized carbons (Fsp3) is 0.200. The SMILES string of the molecule is CN(CCc1cn[nH]c1)Cc1cn[nH]c1-c1cccc2ccccc12. The van der Waals surface area contributed by atoms with Gasteiger partial charge in [0.05, 0.1) is 18.1 Å². The van der Waals surface area contributed by atoms with E-state index in [0.29, 0.717) is 0 Å². The molecule has 126 valence electrons. The fourth-order valence-corrected chi connectivity index (χ4v) is 3.21. The smallest absolute Gasteiger partial charge is 0.0701 e. The molecule has 0 fully saturated rings. The first-order chi connectivity index (χ1) is 12.3. The van der Waals surface area contributed by atoms with Crippen molar-refractivity contribution in [3.63, 3.8) is 0 Å². The standard InChI is InChI=1S/C20H21N5/c1-25(10-9-15-11-21-22-12-15)14-17-13-23-24-20(17)19-8-4-6-16-5-2-3-7-18(16)19/h2-8,11-13H,9-10,14H2,1H3,(H,21,22)(H,23,24). The zero-order chi connectivity index (χ0) is 17.1. The van der Waals surface area contributed by atoms with E-state index in [1.54, 1.807) is 0 Å². The zero-order valence-electron chi connectivity index (χ0n) is 14.2. The Hall–Kier alpha value is -2.92. The molecule has 0 saturated carbocycles. The van der Waals surface area contributed by atoms with E-state index in [0.717, 1.165) is 25.2 Å². The lowest BCUT2D eigenvalue weighted by Crippen LogP contribution is -2.20. The molecule has 0 spiro atoms. The van der Waals surface area contributed by atoms with Crippen LogP contribution in [0.3, 0.4) is 0 Å². The van der Waals surface area contributed by atoms with Gasteiger partial charge in [-0.3, -0.25) is 10.2 Å². The molecule has 4 aromatic rings. The van der Waals surface area contributed by atoms with Crippen molar-refractivity contribution >= 4 is 10.8 Å². The lowest BCUT2D eigenvalue weighted by atomic mass is 10.00. The van der Waals surface area contributed by atoms with Crippen molar-refractivity contribution in [3.05, 3.63) is 72.2 Å². The minimum Gasteiger partial charge on any atom is -0.302 e. The van der Waals surface area contributed by atoms with Crippen LogP contribution in [0.5, 0.6) is 0 Å². The topological polar surface area (TPSA) is 60.6 Å². The molecule has 2 aromatic heterocycles. The van der Waals surface area contributed by atoms with Crippen molar-refractivity contribution in [3.8, 4) is 11.3 Å². The summed E-state index contributed by atoms with van der Waals surface area (Å²) in [6, 6.07) is 14.9. The first-order valence-electron chi connectivity index (χ1n) is 8.48. The molecule has 0 bridgehead atoms. The highest BCUT2D eigenvalue weighted by atomic mass is 15.1. The highest BCUT2D eigenvalue weighted by Gasteiger charge is 2.12. The molecular formula is C20H21N5. The average Bonchev–Trinajstić information content (AvgIpc) is 3.31. The molecule has 5 nitrogen and oxygen atoms in total. The van der Waals surface area contributed by atoms with Gasteiger partial charge in [0.1, 0.15) is 0 Å². The third kappa shape index (κ3) is 3.32. The summed E-state index contributed by atoms with van der Waals surface area (Å²) in [5.74, 6) is 0. The van der Waals surface area contributed by atoms with Crippen molar-refractivity contribution in [2.45, 2.75) is 13.0 Å². The van der Waals surface area contributed by atoms with Crippen LogP contribution in [0.1, 0.15) is 11.1 Å². The second-order valence-corrected chi connectivity index (χ2v) is 6.39. The largest absolute Gasteiger partial charge is 0.302 e. The number of benzene rings is 2. The summed E-state index contributed by atoms with van der Waals surface area (Å²) < 4.78 is 0. The molecule has 0 aliphatic heterocycles. The van der Waals surface area contributed by atoms with Gasteiger partial charge in [0.2, 0.25) is 0 Å². The van der Waals surface area contributed by atoms with Crippen molar-refractivity contribution in [2.24, 2.45) is 0 Å². The molecule has 0 saturated heterocycles. The fourth-order valence-electron chi connectivity index (χ4n) is 3.21. The third-order valence-electron chi connectivity index (χ3n) is 4.55. The van der Waals surface area contributed by atoms with Gasteiger partial charge in [-0.2, -0.15) is 10.2 Å². The zero-order valence-corrected chi connectivity index (χ0v) is 14.2. The van der Waals surface area contributed by atoms with Crippen molar-refractivity contribution in [1.29, 1.82) is 0 Å². The molecule has 0 amide bonds. The van der Waals surface area contributed by atoms with Gasteiger partial charge in [-0.1, -0.05) is 42.5 Å². The monoisotopic (exact) mass is 331 g/mol. The van der Waals surface area contributed by atoms with Crippen LogP contribution in [-0.2, 0) is 13.0 Å². The number of fused-ring (bicyclic) bond motifs is 1. The number of hydrogen-bond acceptors (Lipinski definition) is 3. The molecule has 5 heteroatoms. The molecule has 2 heterocycles. The Balaban J connectivity index is 1.56. The van der Waals surface area contributed by atoms with Gasteiger partial charge < -0.3 is 4.90 Å². The van der Waals surface area contributed by atoms with Crippen LogP contribution >= 0.6 is 0 Å². The van der Waals surface area contributed by atoms with Crippen LogP contribution < -0.4 is 0 Å². The molecular weight excluding hydrogens is 310 g/mol. The van der Waals surface area contributed by atoms with Crippen molar-refractivity contribution in [1.82, 2.24) is 25.3 Å². The number of likely N-dealkylation sites (N-methyl/N-ethyl adjacent to an activating group) is 1. The lowest BCUT2D eigenvalue weighted by molar-refractivity contribution is 0.331. The Kier molecular flexibility index (Phi) is 4.31. The van der Waals surface area contributed by atoms with Crippen LogP contribution in [0.2, 0.25) is 0 Å². The Morgan fingerprint density at radius 2 is 1.88 bits per heavy atom. The summed E-state index contributed by atoms with van der Waals surface area (Å²) >= 11 is 0. The Bertz CT molecular complexity index is 950. The Labute approximate surface area is 146 Å². The van der Waals surface area contributed by atoms with E-state index in [9.17, 15) is 0 Å². The van der Waals surface area contributed by atoms with E-state index in [2.05, 4.69) is 74.8 Å². The normalized spacial score (nSPS) is 11.4. The Morgan fingerprint density at radius 3 is 2.76 bits per heavy atom. The number of nitrogens with one attached hydrogen (secondary N) is 2. The van der Waals surface area contributed by atoms with E-state index in [1.165, 1.54) is 27.5 Å².